The van der Waals surface area contributed by atoms with E-state index in [0.717, 1.165) is 12.1 Å². The van der Waals surface area contributed by atoms with Crippen molar-refractivity contribution < 1.29 is 4.84 Å². The van der Waals surface area contributed by atoms with Gasteiger partial charge in [-0.15, -0.1) is 0 Å². The summed E-state index contributed by atoms with van der Waals surface area (Å²) in [5, 5.41) is 0. The molecule has 0 aromatic heterocycles. The van der Waals surface area contributed by atoms with E-state index in [2.05, 4.69) is 34.0 Å². The number of hydrogen-bond acceptors (Lipinski definition) is 3. The lowest BCUT2D eigenvalue weighted by Crippen LogP contribution is -2.18. The normalized spacial score (nSPS) is 17.1. The Bertz CT molecular complexity index is 291. The summed E-state index contributed by atoms with van der Waals surface area (Å²) in [6.07, 6.45) is 2.69. The highest BCUT2D eigenvalue weighted by Gasteiger charge is 2.11. The molecule has 1 aliphatic rings. The molecule has 1 aromatic carbocycles. The van der Waals surface area contributed by atoms with Gasteiger partial charge in [0.1, 0.15) is 0 Å². The summed E-state index contributed by atoms with van der Waals surface area (Å²) in [5.74, 6) is 5.02. The average molecular weight is 206 g/mol. The molecular weight excluding hydrogens is 188 g/mol. The van der Waals surface area contributed by atoms with E-state index in [4.69, 9.17) is 5.90 Å². The second kappa shape index (κ2) is 5.26. The van der Waals surface area contributed by atoms with Crippen molar-refractivity contribution in [2.45, 2.75) is 26.0 Å². The Balaban J connectivity index is 1.91. The molecule has 0 atom stereocenters. The number of likely N-dealkylation sites (tertiary alicyclic amines) is 1. The average Bonchev–Trinajstić information content (AvgIpc) is 2.74. The molecule has 82 valence electrons. The predicted molar refractivity (Wildman–Crippen MR) is 59.9 cm³/mol. The maximum atomic E-state index is 5.02. The van der Waals surface area contributed by atoms with Crippen molar-refractivity contribution in [3.8, 4) is 0 Å². The number of nitrogens with two attached hydrogens (primary N) is 1. The lowest BCUT2D eigenvalue weighted by atomic mass is 10.1. The van der Waals surface area contributed by atoms with Crippen molar-refractivity contribution >= 4 is 0 Å². The molecule has 0 bridgehead atoms. The molecule has 0 spiro atoms. The fourth-order valence-corrected chi connectivity index (χ4v) is 2.04. The van der Waals surface area contributed by atoms with Gasteiger partial charge >= 0.3 is 0 Å². The Hall–Kier alpha value is -0.900. The van der Waals surface area contributed by atoms with Crippen LogP contribution in [0.4, 0.5) is 0 Å². The van der Waals surface area contributed by atoms with Crippen LogP contribution in [-0.4, -0.2) is 18.0 Å². The fourth-order valence-electron chi connectivity index (χ4n) is 2.04. The van der Waals surface area contributed by atoms with E-state index in [9.17, 15) is 0 Å². The van der Waals surface area contributed by atoms with Gasteiger partial charge in [0.2, 0.25) is 0 Å². The Morgan fingerprint density at radius 3 is 2.27 bits per heavy atom. The molecule has 1 aromatic rings. The molecule has 0 radical (unpaired) electrons. The van der Waals surface area contributed by atoms with E-state index in [-0.39, 0.29) is 0 Å². The molecule has 3 nitrogen and oxygen atoms in total. The van der Waals surface area contributed by atoms with Crippen LogP contribution in [0.3, 0.4) is 0 Å². The van der Waals surface area contributed by atoms with E-state index in [1.807, 2.05) is 0 Å². The maximum absolute atomic E-state index is 5.02. The smallest absolute Gasteiger partial charge is 0.0930 e. The predicted octanol–water partition coefficient (Wildman–Crippen LogP) is 1.67. The van der Waals surface area contributed by atoms with Gasteiger partial charge < -0.3 is 0 Å². The van der Waals surface area contributed by atoms with Crippen molar-refractivity contribution in [3.63, 3.8) is 0 Å². The lowest BCUT2D eigenvalue weighted by molar-refractivity contribution is 0.124. The van der Waals surface area contributed by atoms with Crippen molar-refractivity contribution in [1.29, 1.82) is 0 Å². The minimum Gasteiger partial charge on any atom is -0.300 e. The topological polar surface area (TPSA) is 38.5 Å². The summed E-state index contributed by atoms with van der Waals surface area (Å²) in [5.41, 5.74) is 2.50. The van der Waals surface area contributed by atoms with Crippen LogP contribution in [0.5, 0.6) is 0 Å². The molecule has 3 heteroatoms. The number of nitrogens with zero attached hydrogens (tertiary/aromatic N) is 1. The van der Waals surface area contributed by atoms with Crippen molar-refractivity contribution in [2.24, 2.45) is 5.90 Å². The van der Waals surface area contributed by atoms with Crippen molar-refractivity contribution in [3.05, 3.63) is 35.4 Å². The molecule has 0 aliphatic carbocycles. The van der Waals surface area contributed by atoms with Crippen LogP contribution in [0.25, 0.3) is 0 Å². The summed E-state index contributed by atoms with van der Waals surface area (Å²) >= 11 is 0. The molecule has 0 unspecified atom stereocenters. The van der Waals surface area contributed by atoms with Crippen molar-refractivity contribution in [2.75, 3.05) is 13.1 Å². The third-order valence-electron chi connectivity index (χ3n) is 2.88. The Morgan fingerprint density at radius 1 is 1.07 bits per heavy atom. The Labute approximate surface area is 90.8 Å². The third-order valence-corrected chi connectivity index (χ3v) is 2.88. The Morgan fingerprint density at radius 2 is 1.67 bits per heavy atom. The standard InChI is InChI=1S/C12H18N2O/c13-15-10-12-5-3-11(4-6-12)9-14-7-1-2-8-14/h3-6H,1-2,7-10,13H2. The van der Waals surface area contributed by atoms with E-state index in [1.54, 1.807) is 0 Å². The number of hydrogen-bond donors (Lipinski definition) is 1. The van der Waals surface area contributed by atoms with Gasteiger partial charge in [0.15, 0.2) is 0 Å². The molecule has 2 N–H and O–H groups in total. The summed E-state index contributed by atoms with van der Waals surface area (Å²) < 4.78 is 0. The first-order valence-corrected chi connectivity index (χ1v) is 5.50. The molecule has 1 saturated heterocycles. The van der Waals surface area contributed by atoms with Crippen LogP contribution >= 0.6 is 0 Å². The second-order valence-electron chi connectivity index (χ2n) is 4.11. The first kappa shape index (κ1) is 10.6. The van der Waals surface area contributed by atoms with Crippen LogP contribution in [0, 0.1) is 0 Å². The summed E-state index contributed by atoms with van der Waals surface area (Å²) in [7, 11) is 0. The zero-order chi connectivity index (χ0) is 10.5. The molecular formula is C12H18N2O. The van der Waals surface area contributed by atoms with Crippen LogP contribution in [0.15, 0.2) is 24.3 Å². The highest BCUT2D eigenvalue weighted by Crippen LogP contribution is 2.13. The van der Waals surface area contributed by atoms with Gasteiger partial charge in [-0.3, -0.25) is 9.74 Å². The summed E-state index contributed by atoms with van der Waals surface area (Å²) in [6, 6.07) is 8.48. The van der Waals surface area contributed by atoms with Gasteiger partial charge in [0, 0.05) is 6.54 Å². The quantitative estimate of drug-likeness (QED) is 0.762. The Kier molecular flexibility index (Phi) is 3.72. The lowest BCUT2D eigenvalue weighted by Gasteiger charge is -2.14. The largest absolute Gasteiger partial charge is 0.300 e. The van der Waals surface area contributed by atoms with Gasteiger partial charge in [0.05, 0.1) is 6.61 Å². The molecule has 1 heterocycles. The first-order chi connectivity index (χ1) is 7.38. The van der Waals surface area contributed by atoms with Gasteiger partial charge in [0.25, 0.3) is 0 Å². The van der Waals surface area contributed by atoms with Crippen LogP contribution in [-0.2, 0) is 18.0 Å². The highest BCUT2D eigenvalue weighted by atomic mass is 16.6. The number of benzene rings is 1. The van der Waals surface area contributed by atoms with Crippen LogP contribution in [0.1, 0.15) is 24.0 Å². The van der Waals surface area contributed by atoms with Gasteiger partial charge in [-0.1, -0.05) is 24.3 Å². The fraction of sp³-hybridized carbons (Fsp3) is 0.500. The van der Waals surface area contributed by atoms with Crippen LogP contribution in [0.2, 0.25) is 0 Å². The molecule has 1 fully saturated rings. The molecule has 0 amide bonds. The highest BCUT2D eigenvalue weighted by molar-refractivity contribution is 5.22. The third kappa shape index (κ3) is 3.02. The van der Waals surface area contributed by atoms with Crippen LogP contribution < -0.4 is 5.90 Å². The zero-order valence-electron chi connectivity index (χ0n) is 8.98. The minimum absolute atomic E-state index is 0.490. The van der Waals surface area contributed by atoms with Gasteiger partial charge in [-0.05, 0) is 37.1 Å². The molecule has 2 rings (SSSR count). The monoisotopic (exact) mass is 206 g/mol. The SMILES string of the molecule is NOCc1ccc(CN2CCCC2)cc1. The van der Waals surface area contributed by atoms with E-state index in [1.165, 1.54) is 31.5 Å². The maximum Gasteiger partial charge on any atom is 0.0930 e. The summed E-state index contributed by atoms with van der Waals surface area (Å²) in [6.45, 7) is 4.05. The van der Waals surface area contributed by atoms with Gasteiger partial charge in [-0.25, -0.2) is 5.90 Å². The summed E-state index contributed by atoms with van der Waals surface area (Å²) in [4.78, 5) is 7.09. The minimum atomic E-state index is 0.490. The van der Waals surface area contributed by atoms with E-state index in [0.29, 0.717) is 6.61 Å². The second-order valence-corrected chi connectivity index (χ2v) is 4.11. The van der Waals surface area contributed by atoms with Crippen molar-refractivity contribution in [1.82, 2.24) is 4.90 Å². The zero-order valence-corrected chi connectivity index (χ0v) is 8.98. The molecule has 1 aliphatic heterocycles. The molecule has 0 saturated carbocycles. The van der Waals surface area contributed by atoms with E-state index < -0.39 is 0 Å². The van der Waals surface area contributed by atoms with Gasteiger partial charge in [-0.2, -0.15) is 0 Å². The number of rotatable bonds is 4. The molecule has 15 heavy (non-hydrogen) atoms. The first-order valence-electron chi connectivity index (χ1n) is 5.50. The van der Waals surface area contributed by atoms with E-state index >= 15 is 0 Å².